The van der Waals surface area contributed by atoms with Crippen LogP contribution in [0, 0.1) is 5.92 Å². The maximum atomic E-state index is 6.01. The van der Waals surface area contributed by atoms with E-state index in [0.29, 0.717) is 18.5 Å². The number of halogens is 1. The van der Waals surface area contributed by atoms with Gasteiger partial charge in [-0.15, -0.1) is 0 Å². The number of hydroxylamine groups is 2. The Morgan fingerprint density at radius 1 is 1.48 bits per heavy atom. The Kier molecular flexibility index (Phi) is 3.84. The highest BCUT2D eigenvalue weighted by molar-refractivity contribution is 9.10. The number of nitrogens with two attached hydrogens (primary N) is 1. The highest BCUT2D eigenvalue weighted by atomic mass is 79.9. The van der Waals surface area contributed by atoms with Gasteiger partial charge in [-0.2, -0.15) is 0 Å². The van der Waals surface area contributed by atoms with E-state index < -0.39 is 5.72 Å². The summed E-state index contributed by atoms with van der Waals surface area (Å²) in [7, 11) is 1.78. The van der Waals surface area contributed by atoms with Crippen molar-refractivity contribution in [3.63, 3.8) is 0 Å². The predicted molar refractivity (Wildman–Crippen MR) is 84.8 cm³/mol. The van der Waals surface area contributed by atoms with Gasteiger partial charge in [0.2, 0.25) is 11.7 Å². The fourth-order valence-electron chi connectivity index (χ4n) is 2.83. The smallest absolute Gasteiger partial charge is 0.218 e. The van der Waals surface area contributed by atoms with Gasteiger partial charge < -0.3 is 10.5 Å². The van der Waals surface area contributed by atoms with E-state index in [1.807, 2.05) is 18.2 Å². The quantitative estimate of drug-likeness (QED) is 0.778. The molecule has 0 radical (unpaired) electrons. The fourth-order valence-corrected chi connectivity index (χ4v) is 3.19. The average Bonchev–Trinajstić information content (AvgIpc) is 2.75. The number of aliphatic imine (C=N–C) groups is 1. The predicted octanol–water partition coefficient (Wildman–Crippen LogP) is 2.99. The molecule has 1 spiro atoms. The van der Waals surface area contributed by atoms with Crippen LogP contribution in [0.4, 0.5) is 0 Å². The van der Waals surface area contributed by atoms with E-state index in [1.165, 1.54) is 5.06 Å². The number of ether oxygens (including phenoxy) is 1. The van der Waals surface area contributed by atoms with Gasteiger partial charge in [0.15, 0.2) is 0 Å². The van der Waals surface area contributed by atoms with Gasteiger partial charge >= 0.3 is 0 Å². The van der Waals surface area contributed by atoms with Crippen LogP contribution in [0.2, 0.25) is 0 Å². The second-order valence-electron chi connectivity index (χ2n) is 5.79. The van der Waals surface area contributed by atoms with Crippen LogP contribution in [0.3, 0.4) is 0 Å². The van der Waals surface area contributed by atoms with E-state index in [2.05, 4.69) is 27.8 Å². The van der Waals surface area contributed by atoms with E-state index in [-0.39, 0.29) is 0 Å². The highest BCUT2D eigenvalue weighted by Crippen LogP contribution is 2.44. The van der Waals surface area contributed by atoms with Crippen LogP contribution in [0.15, 0.2) is 27.7 Å². The summed E-state index contributed by atoms with van der Waals surface area (Å²) >= 11 is 3.52. The monoisotopic (exact) mass is 353 g/mol. The Morgan fingerprint density at radius 2 is 2.29 bits per heavy atom. The normalized spacial score (nSPS) is 29.2. The third kappa shape index (κ3) is 2.74. The van der Waals surface area contributed by atoms with Crippen molar-refractivity contribution in [3.8, 4) is 5.75 Å². The molecular weight excluding hydrogens is 334 g/mol. The van der Waals surface area contributed by atoms with Crippen molar-refractivity contribution in [1.82, 2.24) is 5.06 Å². The molecule has 2 unspecified atom stereocenters. The average molecular weight is 354 g/mol. The summed E-state index contributed by atoms with van der Waals surface area (Å²) in [5.41, 5.74) is 6.09. The second kappa shape index (κ2) is 5.50. The van der Waals surface area contributed by atoms with Gasteiger partial charge in [-0.3, -0.25) is 0 Å². The summed E-state index contributed by atoms with van der Waals surface area (Å²) in [4.78, 5) is 10.6. The molecular formula is C15H20BrN3O2. The van der Waals surface area contributed by atoms with Gasteiger partial charge in [0.05, 0.1) is 12.2 Å². The number of benzene rings is 1. The standard InChI is InChI=1S/C15H20BrN3O2/c1-10-4-3-7-15(18-14(17)19(2)21-15)12-8-11(16)5-6-13(12)20-9-10/h5-6,8,10H,3-4,7,9H2,1-2H3,(H2,17,18). The summed E-state index contributed by atoms with van der Waals surface area (Å²) in [6, 6.07) is 5.95. The summed E-state index contributed by atoms with van der Waals surface area (Å²) in [5, 5.41) is 1.53. The van der Waals surface area contributed by atoms with Crippen molar-refractivity contribution in [1.29, 1.82) is 0 Å². The van der Waals surface area contributed by atoms with E-state index >= 15 is 0 Å². The Balaban J connectivity index is 2.10. The van der Waals surface area contributed by atoms with Crippen LogP contribution in [0.25, 0.3) is 0 Å². The van der Waals surface area contributed by atoms with Crippen molar-refractivity contribution in [2.45, 2.75) is 31.9 Å². The minimum atomic E-state index is -0.776. The zero-order valence-corrected chi connectivity index (χ0v) is 13.9. The first-order valence-electron chi connectivity index (χ1n) is 7.21. The first kappa shape index (κ1) is 14.7. The Bertz CT molecular complexity index is 578. The number of hydrogen-bond donors (Lipinski definition) is 1. The Labute approximate surface area is 133 Å². The van der Waals surface area contributed by atoms with Crippen LogP contribution in [0.5, 0.6) is 5.75 Å². The lowest BCUT2D eigenvalue weighted by atomic mass is 9.95. The lowest BCUT2D eigenvalue weighted by Crippen LogP contribution is -2.32. The summed E-state index contributed by atoms with van der Waals surface area (Å²) in [5.74, 6) is 1.73. The van der Waals surface area contributed by atoms with Gasteiger partial charge in [0.25, 0.3) is 0 Å². The maximum absolute atomic E-state index is 6.01. The van der Waals surface area contributed by atoms with E-state index in [9.17, 15) is 0 Å². The van der Waals surface area contributed by atoms with Gasteiger partial charge in [-0.1, -0.05) is 22.9 Å². The van der Waals surface area contributed by atoms with Crippen molar-refractivity contribution in [3.05, 3.63) is 28.2 Å². The molecule has 2 atom stereocenters. The molecule has 0 fully saturated rings. The molecule has 1 aromatic rings. The SMILES string of the molecule is CC1CCCC2(N=C(N)N(C)O2)c2cc(Br)ccc2OC1. The number of fused-ring (bicyclic) bond motifs is 2. The first-order chi connectivity index (χ1) is 10.00. The van der Waals surface area contributed by atoms with Crippen LogP contribution in [0.1, 0.15) is 31.7 Å². The Morgan fingerprint density at radius 3 is 3.00 bits per heavy atom. The molecule has 0 bridgehead atoms. The lowest BCUT2D eigenvalue weighted by Gasteiger charge is -2.27. The van der Waals surface area contributed by atoms with E-state index in [1.54, 1.807) is 7.05 Å². The molecule has 5 nitrogen and oxygen atoms in total. The molecule has 2 aliphatic rings. The molecule has 0 aliphatic carbocycles. The minimum absolute atomic E-state index is 0.397. The van der Waals surface area contributed by atoms with Crippen molar-refractivity contribution < 1.29 is 9.57 Å². The topological polar surface area (TPSA) is 60.1 Å². The highest BCUT2D eigenvalue weighted by Gasteiger charge is 2.43. The van der Waals surface area contributed by atoms with Crippen LogP contribution in [-0.2, 0) is 10.6 Å². The van der Waals surface area contributed by atoms with Gasteiger partial charge in [-0.05, 0) is 37.0 Å². The number of hydrogen-bond acceptors (Lipinski definition) is 5. The fraction of sp³-hybridized carbons (Fsp3) is 0.533. The first-order valence-corrected chi connectivity index (χ1v) is 8.00. The summed E-state index contributed by atoms with van der Waals surface area (Å²) in [6.45, 7) is 2.91. The molecule has 0 saturated heterocycles. The Hall–Kier alpha value is -1.27. The van der Waals surface area contributed by atoms with Crippen molar-refractivity contribution >= 4 is 21.9 Å². The largest absolute Gasteiger partial charge is 0.493 e. The van der Waals surface area contributed by atoms with Gasteiger partial charge in [0, 0.05) is 17.9 Å². The van der Waals surface area contributed by atoms with Crippen LogP contribution in [-0.4, -0.2) is 24.7 Å². The van der Waals surface area contributed by atoms with Crippen LogP contribution < -0.4 is 10.5 Å². The van der Waals surface area contributed by atoms with Gasteiger partial charge in [-0.25, -0.2) is 14.9 Å². The molecule has 3 rings (SSSR count). The lowest BCUT2D eigenvalue weighted by molar-refractivity contribution is -0.177. The van der Waals surface area contributed by atoms with Crippen molar-refractivity contribution in [2.24, 2.45) is 16.6 Å². The molecule has 114 valence electrons. The second-order valence-corrected chi connectivity index (χ2v) is 6.71. The zero-order valence-electron chi connectivity index (χ0n) is 12.3. The molecule has 0 aromatic heterocycles. The number of nitrogens with zero attached hydrogens (tertiary/aromatic N) is 2. The molecule has 21 heavy (non-hydrogen) atoms. The molecule has 6 heteroatoms. The van der Waals surface area contributed by atoms with Crippen molar-refractivity contribution in [2.75, 3.05) is 13.7 Å². The minimum Gasteiger partial charge on any atom is -0.493 e. The molecule has 0 amide bonds. The van der Waals surface area contributed by atoms with Crippen LogP contribution >= 0.6 is 15.9 Å². The number of guanidine groups is 1. The maximum Gasteiger partial charge on any atom is 0.218 e. The van der Waals surface area contributed by atoms with Gasteiger partial charge in [0.1, 0.15) is 5.75 Å². The molecule has 0 saturated carbocycles. The number of rotatable bonds is 0. The third-order valence-electron chi connectivity index (χ3n) is 4.00. The molecule has 2 aliphatic heterocycles. The molecule has 2 N–H and O–H groups in total. The molecule has 2 heterocycles. The summed E-state index contributed by atoms with van der Waals surface area (Å²) in [6.07, 6.45) is 2.88. The third-order valence-corrected chi connectivity index (χ3v) is 4.50. The zero-order chi connectivity index (χ0) is 15.0. The molecule has 1 aromatic carbocycles. The summed E-state index contributed by atoms with van der Waals surface area (Å²) < 4.78 is 6.98. The van der Waals surface area contributed by atoms with E-state index in [0.717, 1.165) is 35.0 Å². The van der Waals surface area contributed by atoms with E-state index in [4.69, 9.17) is 15.3 Å².